The fraction of sp³-hybridized carbons (Fsp3) is 0.176. The Morgan fingerprint density at radius 2 is 2.00 bits per heavy atom. The second-order valence-electron chi connectivity index (χ2n) is 5.43. The van der Waals surface area contributed by atoms with Crippen LogP contribution < -0.4 is 15.4 Å². The first-order valence-corrected chi connectivity index (χ1v) is 7.63. The van der Waals surface area contributed by atoms with Crippen molar-refractivity contribution in [1.29, 1.82) is 0 Å². The summed E-state index contributed by atoms with van der Waals surface area (Å²) in [6, 6.07) is 9.12. The van der Waals surface area contributed by atoms with Crippen LogP contribution in [-0.4, -0.2) is 17.9 Å². The van der Waals surface area contributed by atoms with Gasteiger partial charge < -0.3 is 15.4 Å². The van der Waals surface area contributed by atoms with Crippen LogP contribution in [0, 0.1) is 5.82 Å². The van der Waals surface area contributed by atoms with E-state index in [2.05, 4.69) is 10.6 Å². The highest BCUT2D eigenvalue weighted by molar-refractivity contribution is 6.30. The van der Waals surface area contributed by atoms with E-state index in [4.69, 9.17) is 16.3 Å². The van der Waals surface area contributed by atoms with E-state index in [-0.39, 0.29) is 11.6 Å². The average Bonchev–Trinajstić information content (AvgIpc) is 2.93. The number of halogens is 2. The van der Waals surface area contributed by atoms with Gasteiger partial charge in [0, 0.05) is 24.1 Å². The Bertz CT molecular complexity index is 825. The lowest BCUT2D eigenvalue weighted by Crippen LogP contribution is -2.31. The number of benzene rings is 2. The van der Waals surface area contributed by atoms with Crippen molar-refractivity contribution in [2.24, 2.45) is 0 Å². The highest BCUT2D eigenvalue weighted by atomic mass is 35.5. The smallest absolute Gasteiger partial charge is 0.265 e. The zero-order chi connectivity index (χ0) is 17.3. The highest BCUT2D eigenvalue weighted by Crippen LogP contribution is 2.31. The Labute approximate surface area is 142 Å². The number of carbonyl (C=O) groups excluding carboxylic acids is 2. The number of rotatable bonds is 3. The van der Waals surface area contributed by atoms with E-state index in [1.165, 1.54) is 25.1 Å². The molecule has 124 valence electrons. The van der Waals surface area contributed by atoms with E-state index in [0.29, 0.717) is 22.9 Å². The molecule has 2 N–H and O–H groups in total. The summed E-state index contributed by atoms with van der Waals surface area (Å²) in [6.45, 7) is 1.28. The highest BCUT2D eigenvalue weighted by Gasteiger charge is 2.29. The van der Waals surface area contributed by atoms with Gasteiger partial charge in [0.15, 0.2) is 6.10 Å². The molecule has 2 aromatic carbocycles. The number of carbonyl (C=O) groups is 2. The van der Waals surface area contributed by atoms with Gasteiger partial charge in [0.1, 0.15) is 11.6 Å². The molecule has 3 rings (SSSR count). The van der Waals surface area contributed by atoms with Gasteiger partial charge in [-0.2, -0.15) is 0 Å². The van der Waals surface area contributed by atoms with Crippen LogP contribution >= 0.6 is 11.6 Å². The lowest BCUT2D eigenvalue weighted by atomic mass is 10.1. The minimum absolute atomic E-state index is 0.00251. The van der Waals surface area contributed by atoms with E-state index < -0.39 is 17.8 Å². The molecule has 2 aromatic rings. The van der Waals surface area contributed by atoms with Crippen molar-refractivity contribution in [3.63, 3.8) is 0 Å². The van der Waals surface area contributed by atoms with E-state index in [0.717, 1.165) is 5.56 Å². The van der Waals surface area contributed by atoms with E-state index in [1.807, 2.05) is 0 Å². The lowest BCUT2D eigenvalue weighted by molar-refractivity contribution is -0.122. The molecule has 0 saturated heterocycles. The van der Waals surface area contributed by atoms with Gasteiger partial charge in [0.2, 0.25) is 5.91 Å². The third kappa shape index (κ3) is 3.49. The van der Waals surface area contributed by atoms with Gasteiger partial charge >= 0.3 is 0 Å². The third-order valence-corrected chi connectivity index (χ3v) is 3.77. The number of amides is 2. The minimum atomic E-state index is -0.687. The molecule has 0 radical (unpaired) electrons. The zero-order valence-corrected chi connectivity index (χ0v) is 13.5. The molecule has 24 heavy (non-hydrogen) atoms. The first kappa shape index (κ1) is 16.3. The SMILES string of the molecule is CC(=O)Nc1cc(NC(=O)[C@@H]2Cc3cc(Cl)ccc3O2)ccc1F. The molecule has 0 bridgehead atoms. The molecule has 0 spiro atoms. The monoisotopic (exact) mass is 348 g/mol. The van der Waals surface area contributed by atoms with Gasteiger partial charge in [-0.1, -0.05) is 11.6 Å². The molecule has 7 heteroatoms. The fourth-order valence-corrected chi connectivity index (χ4v) is 2.67. The predicted octanol–water partition coefficient (Wildman–Crippen LogP) is 3.38. The summed E-state index contributed by atoms with van der Waals surface area (Å²) in [5.74, 6) is -0.716. The molecule has 5 nitrogen and oxygen atoms in total. The largest absolute Gasteiger partial charge is 0.480 e. The van der Waals surface area contributed by atoms with Crippen molar-refractivity contribution in [2.45, 2.75) is 19.4 Å². The van der Waals surface area contributed by atoms with Crippen LogP contribution in [0.3, 0.4) is 0 Å². The Morgan fingerprint density at radius 3 is 2.75 bits per heavy atom. The van der Waals surface area contributed by atoms with Gasteiger partial charge in [0.05, 0.1) is 5.69 Å². The van der Waals surface area contributed by atoms with Gasteiger partial charge in [0.25, 0.3) is 5.91 Å². The van der Waals surface area contributed by atoms with Crippen molar-refractivity contribution < 1.29 is 18.7 Å². The van der Waals surface area contributed by atoms with Crippen molar-refractivity contribution >= 4 is 34.8 Å². The predicted molar refractivity (Wildman–Crippen MR) is 88.9 cm³/mol. The normalized spacial score (nSPS) is 15.4. The van der Waals surface area contributed by atoms with Crippen molar-refractivity contribution in [3.8, 4) is 5.75 Å². The topological polar surface area (TPSA) is 67.4 Å². The zero-order valence-electron chi connectivity index (χ0n) is 12.7. The summed E-state index contributed by atoms with van der Waals surface area (Å²) in [6.07, 6.45) is -0.283. The molecule has 2 amide bonds. The minimum Gasteiger partial charge on any atom is -0.480 e. The van der Waals surface area contributed by atoms with Gasteiger partial charge in [-0.15, -0.1) is 0 Å². The summed E-state index contributed by atoms with van der Waals surface area (Å²) in [7, 11) is 0. The average molecular weight is 349 g/mol. The maximum Gasteiger partial charge on any atom is 0.265 e. The number of hydrogen-bond donors (Lipinski definition) is 2. The van der Waals surface area contributed by atoms with Crippen molar-refractivity contribution in [2.75, 3.05) is 10.6 Å². The summed E-state index contributed by atoms with van der Waals surface area (Å²) in [5, 5.41) is 5.61. The van der Waals surface area contributed by atoms with Crippen LogP contribution in [0.1, 0.15) is 12.5 Å². The maximum atomic E-state index is 13.6. The first-order valence-electron chi connectivity index (χ1n) is 7.25. The molecule has 0 saturated carbocycles. The number of fused-ring (bicyclic) bond motifs is 1. The molecule has 1 aliphatic rings. The molecule has 0 unspecified atom stereocenters. The van der Waals surface area contributed by atoms with Gasteiger partial charge in [-0.3, -0.25) is 9.59 Å². The molecule has 0 fully saturated rings. The molecular weight excluding hydrogens is 335 g/mol. The number of hydrogen-bond acceptors (Lipinski definition) is 3. The van der Waals surface area contributed by atoms with Crippen LogP contribution in [0.4, 0.5) is 15.8 Å². The van der Waals surface area contributed by atoms with Crippen molar-refractivity contribution in [3.05, 3.63) is 52.8 Å². The lowest BCUT2D eigenvalue weighted by Gasteiger charge is -2.12. The third-order valence-electron chi connectivity index (χ3n) is 3.53. The van der Waals surface area contributed by atoms with E-state index in [1.54, 1.807) is 18.2 Å². The van der Waals surface area contributed by atoms with E-state index in [9.17, 15) is 14.0 Å². The molecular formula is C17H14ClFN2O3. The molecule has 1 aliphatic heterocycles. The molecule has 1 heterocycles. The second kappa shape index (κ2) is 6.49. The summed E-state index contributed by atoms with van der Waals surface area (Å²) >= 11 is 5.93. The van der Waals surface area contributed by atoms with E-state index >= 15 is 0 Å². The van der Waals surface area contributed by atoms with Crippen LogP contribution in [-0.2, 0) is 16.0 Å². The Balaban J connectivity index is 1.71. The second-order valence-corrected chi connectivity index (χ2v) is 5.86. The van der Waals surface area contributed by atoms with Gasteiger partial charge in [-0.25, -0.2) is 4.39 Å². The van der Waals surface area contributed by atoms with Crippen LogP contribution in [0.15, 0.2) is 36.4 Å². The molecule has 0 aromatic heterocycles. The first-order chi connectivity index (χ1) is 11.4. The summed E-state index contributed by atoms with van der Waals surface area (Å²) < 4.78 is 19.2. The summed E-state index contributed by atoms with van der Waals surface area (Å²) in [5.41, 5.74) is 1.23. The van der Waals surface area contributed by atoms with Crippen LogP contribution in [0.5, 0.6) is 5.75 Å². The van der Waals surface area contributed by atoms with Crippen molar-refractivity contribution in [1.82, 2.24) is 0 Å². The molecule has 1 atom stereocenters. The number of nitrogens with one attached hydrogen (secondary N) is 2. The molecule has 0 aliphatic carbocycles. The Morgan fingerprint density at radius 1 is 1.21 bits per heavy atom. The number of anilines is 2. The quantitative estimate of drug-likeness (QED) is 0.893. The Hall–Kier alpha value is -2.60. The Kier molecular flexibility index (Phi) is 4.40. The maximum absolute atomic E-state index is 13.6. The summed E-state index contributed by atoms with van der Waals surface area (Å²) in [4.78, 5) is 23.4. The number of ether oxygens (including phenoxy) is 1. The van der Waals surface area contributed by atoms with Gasteiger partial charge in [-0.05, 0) is 42.0 Å². The van der Waals surface area contributed by atoms with Crippen LogP contribution in [0.25, 0.3) is 0 Å². The standard InChI is InChI=1S/C17H14ClFN2O3/c1-9(22)20-14-8-12(3-4-13(14)19)21-17(23)16-7-10-6-11(18)2-5-15(10)24-16/h2-6,8,16H,7H2,1H3,(H,20,22)(H,21,23)/t16-/m0/s1. The fourth-order valence-electron chi connectivity index (χ4n) is 2.47. The van der Waals surface area contributed by atoms with Crippen LogP contribution in [0.2, 0.25) is 5.02 Å².